The minimum absolute atomic E-state index is 0.347. The van der Waals surface area contributed by atoms with Crippen molar-refractivity contribution in [3.05, 3.63) is 0 Å². The monoisotopic (exact) mass is 222 g/mol. The third-order valence-electron chi connectivity index (χ3n) is 1.14. The van der Waals surface area contributed by atoms with E-state index < -0.39 is 4.70 Å². The molecule has 60 valence electrons. The summed E-state index contributed by atoms with van der Waals surface area (Å²) in [5.41, 5.74) is 0. The topological polar surface area (TPSA) is 17.1 Å². The molecule has 1 aliphatic carbocycles. The van der Waals surface area contributed by atoms with Crippen molar-refractivity contribution in [2.24, 2.45) is 5.92 Å². The van der Waals surface area contributed by atoms with Crippen LogP contribution < -0.4 is 0 Å². The Kier molecular flexibility index (Phi) is 4.34. The third-order valence-corrected chi connectivity index (χ3v) is 2.19. The minimum atomic E-state index is -0.889. The fraction of sp³-hybridized carbons (Fsp3) is 0.800. The Morgan fingerprint density at radius 1 is 1.50 bits per heavy atom. The van der Waals surface area contributed by atoms with Crippen LogP contribution in [0.15, 0.2) is 0 Å². The minimum Gasteiger partial charge on any atom is -0.262 e. The normalized spacial score (nSPS) is 26.3. The van der Waals surface area contributed by atoms with E-state index in [1.807, 2.05) is 6.92 Å². The van der Waals surface area contributed by atoms with Gasteiger partial charge in [-0.2, -0.15) is 0 Å². The molecule has 0 radical (unpaired) electrons. The molecule has 1 rings (SSSR count). The van der Waals surface area contributed by atoms with Crippen LogP contribution in [0.4, 0.5) is 4.79 Å². The average molecular weight is 224 g/mol. The molecule has 0 bridgehead atoms. The summed E-state index contributed by atoms with van der Waals surface area (Å²) in [7, 11) is 0. The van der Waals surface area contributed by atoms with Gasteiger partial charge in [-0.3, -0.25) is 4.79 Å². The highest BCUT2D eigenvalue weighted by atomic mass is 35.5. The van der Waals surface area contributed by atoms with E-state index in [0.717, 1.165) is 6.42 Å². The van der Waals surface area contributed by atoms with Crippen molar-refractivity contribution < 1.29 is 4.79 Å². The van der Waals surface area contributed by atoms with Crippen LogP contribution in [-0.2, 0) is 0 Å². The van der Waals surface area contributed by atoms with Crippen LogP contribution in [0.5, 0.6) is 0 Å². The highest BCUT2D eigenvalue weighted by molar-refractivity contribution is 6.93. The number of hydrogen-bond acceptors (Lipinski definition) is 1. The highest BCUT2D eigenvalue weighted by Crippen LogP contribution is 2.52. The fourth-order valence-corrected chi connectivity index (χ4v) is 0.812. The van der Waals surface area contributed by atoms with Gasteiger partial charge in [-0.15, -0.1) is 23.2 Å². The Hall–Kier alpha value is 0.830. The molecular formula is C5H6Cl4O. The number of halogens is 4. The maximum absolute atomic E-state index is 8.98. The van der Waals surface area contributed by atoms with Crippen molar-refractivity contribution in [3.8, 4) is 0 Å². The molecular weight excluding hydrogens is 218 g/mol. The standard InChI is InChI=1S/C4H6Cl2.CCl2O/c1-3-2-4(3,5)6;2-1(3)4/h3H,2H2,1H3;. The molecule has 0 N–H and O–H groups in total. The first-order chi connectivity index (χ1) is 4.36. The van der Waals surface area contributed by atoms with E-state index in [-0.39, 0.29) is 4.33 Å². The smallest absolute Gasteiger partial charge is 0.262 e. The summed E-state index contributed by atoms with van der Waals surface area (Å²) >= 11 is 19.9. The van der Waals surface area contributed by atoms with Gasteiger partial charge in [0.1, 0.15) is 4.33 Å². The zero-order chi connectivity index (χ0) is 8.36. The number of carbonyl (C=O) groups excluding carboxylic acids is 1. The van der Waals surface area contributed by atoms with Crippen molar-refractivity contribution in [1.82, 2.24) is 0 Å². The van der Waals surface area contributed by atoms with Gasteiger partial charge in [-0.05, 0) is 35.5 Å². The molecule has 0 heterocycles. The fourth-order valence-electron chi connectivity index (χ4n) is 0.349. The van der Waals surface area contributed by atoms with Crippen LogP contribution in [0.1, 0.15) is 13.3 Å². The summed E-state index contributed by atoms with van der Waals surface area (Å²) < 4.78 is -1.24. The summed E-state index contributed by atoms with van der Waals surface area (Å²) in [6, 6.07) is 0. The van der Waals surface area contributed by atoms with E-state index in [9.17, 15) is 0 Å². The molecule has 5 heteroatoms. The molecule has 0 spiro atoms. The van der Waals surface area contributed by atoms with E-state index in [0.29, 0.717) is 5.92 Å². The molecule has 0 aromatic heterocycles. The van der Waals surface area contributed by atoms with Gasteiger partial charge in [0, 0.05) is 0 Å². The Morgan fingerprint density at radius 2 is 1.60 bits per heavy atom. The Balaban J connectivity index is 0.000000180. The molecule has 0 aromatic carbocycles. The van der Waals surface area contributed by atoms with E-state index in [1.54, 1.807) is 0 Å². The second-order valence-corrected chi connectivity index (χ2v) is 4.51. The van der Waals surface area contributed by atoms with Crippen molar-refractivity contribution in [2.45, 2.75) is 17.7 Å². The van der Waals surface area contributed by atoms with Gasteiger partial charge >= 0.3 is 4.70 Å². The Morgan fingerprint density at radius 3 is 1.60 bits per heavy atom. The zero-order valence-electron chi connectivity index (χ0n) is 5.20. The van der Waals surface area contributed by atoms with Crippen LogP contribution in [0.25, 0.3) is 0 Å². The summed E-state index contributed by atoms with van der Waals surface area (Å²) in [5, 5.41) is 0. The summed E-state index contributed by atoms with van der Waals surface area (Å²) in [4.78, 5) is 8.98. The third kappa shape index (κ3) is 5.60. The largest absolute Gasteiger partial charge is 0.313 e. The van der Waals surface area contributed by atoms with Crippen LogP contribution in [-0.4, -0.2) is 9.03 Å². The zero-order valence-corrected chi connectivity index (χ0v) is 8.23. The first kappa shape index (κ1) is 10.8. The molecule has 1 saturated carbocycles. The molecule has 1 aliphatic rings. The Bertz CT molecular complexity index is 130. The molecule has 1 unspecified atom stereocenters. The van der Waals surface area contributed by atoms with Gasteiger partial charge in [0.15, 0.2) is 0 Å². The molecule has 1 nitrogen and oxygen atoms in total. The van der Waals surface area contributed by atoms with E-state index >= 15 is 0 Å². The molecule has 0 saturated heterocycles. The molecule has 1 fully saturated rings. The molecule has 10 heavy (non-hydrogen) atoms. The molecule has 0 aliphatic heterocycles. The lowest BCUT2D eigenvalue weighted by Gasteiger charge is -1.85. The number of rotatable bonds is 0. The predicted octanol–water partition coefficient (Wildman–Crippen LogP) is 3.78. The number of carbonyl (C=O) groups is 1. The van der Waals surface area contributed by atoms with E-state index in [4.69, 9.17) is 28.0 Å². The lowest BCUT2D eigenvalue weighted by Crippen LogP contribution is -1.81. The van der Waals surface area contributed by atoms with Crippen LogP contribution in [0.2, 0.25) is 0 Å². The predicted molar refractivity (Wildman–Crippen MR) is 45.3 cm³/mol. The maximum atomic E-state index is 8.98. The second kappa shape index (κ2) is 4.01. The SMILES string of the molecule is CC1CC1(Cl)Cl.O=C(Cl)Cl. The van der Waals surface area contributed by atoms with Crippen LogP contribution in [0, 0.1) is 5.92 Å². The molecule has 0 aromatic rings. The van der Waals surface area contributed by atoms with Crippen molar-refractivity contribution in [2.75, 3.05) is 0 Å². The lowest BCUT2D eigenvalue weighted by atomic mass is 10.5. The number of hydrogen-bond donors (Lipinski definition) is 0. The summed E-state index contributed by atoms with van der Waals surface area (Å²) in [6.07, 6.45) is 0.968. The summed E-state index contributed by atoms with van der Waals surface area (Å²) in [6.45, 7) is 2.04. The van der Waals surface area contributed by atoms with Crippen molar-refractivity contribution in [1.29, 1.82) is 0 Å². The van der Waals surface area contributed by atoms with Gasteiger partial charge < -0.3 is 0 Å². The van der Waals surface area contributed by atoms with E-state index in [1.165, 1.54) is 0 Å². The first-order valence-corrected chi connectivity index (χ1v) is 4.10. The number of alkyl halides is 2. The maximum Gasteiger partial charge on any atom is 0.313 e. The van der Waals surface area contributed by atoms with Crippen molar-refractivity contribution >= 4 is 51.1 Å². The lowest BCUT2D eigenvalue weighted by molar-refractivity contribution is 0.275. The molecule has 0 amide bonds. The second-order valence-electron chi connectivity index (χ2n) is 2.09. The van der Waals surface area contributed by atoms with Crippen LogP contribution >= 0.6 is 46.4 Å². The Labute approximate surface area is 79.6 Å². The van der Waals surface area contributed by atoms with Gasteiger partial charge in [-0.1, -0.05) is 6.92 Å². The quantitative estimate of drug-likeness (QED) is 0.451. The van der Waals surface area contributed by atoms with Crippen molar-refractivity contribution in [3.63, 3.8) is 0 Å². The summed E-state index contributed by atoms with van der Waals surface area (Å²) in [5.74, 6) is 0.529. The van der Waals surface area contributed by atoms with Gasteiger partial charge in [0.2, 0.25) is 0 Å². The van der Waals surface area contributed by atoms with Gasteiger partial charge in [0.25, 0.3) is 0 Å². The average Bonchev–Trinajstić information content (AvgIpc) is 2.08. The van der Waals surface area contributed by atoms with Gasteiger partial charge in [-0.25, -0.2) is 0 Å². The van der Waals surface area contributed by atoms with Crippen LogP contribution in [0.3, 0.4) is 0 Å². The van der Waals surface area contributed by atoms with Gasteiger partial charge in [0.05, 0.1) is 0 Å². The molecule has 1 atom stereocenters. The van der Waals surface area contributed by atoms with E-state index in [2.05, 4.69) is 23.2 Å². The highest BCUT2D eigenvalue weighted by Gasteiger charge is 2.47. The first-order valence-electron chi connectivity index (χ1n) is 2.59.